The van der Waals surface area contributed by atoms with Gasteiger partial charge in [-0.3, -0.25) is 9.59 Å². The predicted molar refractivity (Wildman–Crippen MR) is 100.0 cm³/mol. The van der Waals surface area contributed by atoms with Gasteiger partial charge < -0.3 is 14.8 Å². The number of benzene rings is 2. The van der Waals surface area contributed by atoms with E-state index in [0.29, 0.717) is 17.0 Å². The van der Waals surface area contributed by atoms with Gasteiger partial charge in [-0.25, -0.2) is 4.79 Å². The Kier molecular flexibility index (Phi) is 5.86. The Morgan fingerprint density at radius 1 is 0.963 bits per heavy atom. The van der Waals surface area contributed by atoms with Gasteiger partial charge in [-0.05, 0) is 73.7 Å². The largest absolute Gasteiger partial charge is 0.482 e. The third-order valence-electron chi connectivity index (χ3n) is 4.37. The van der Waals surface area contributed by atoms with E-state index in [1.54, 1.807) is 24.3 Å². The summed E-state index contributed by atoms with van der Waals surface area (Å²) >= 11 is 0. The molecule has 0 saturated carbocycles. The van der Waals surface area contributed by atoms with Gasteiger partial charge in [0.25, 0.3) is 5.91 Å². The van der Waals surface area contributed by atoms with Crippen molar-refractivity contribution in [2.45, 2.75) is 26.2 Å². The second-order valence-corrected chi connectivity index (χ2v) is 6.42. The van der Waals surface area contributed by atoms with Crippen LogP contribution < -0.4 is 10.1 Å². The number of hydrogen-bond donors (Lipinski definition) is 1. The summed E-state index contributed by atoms with van der Waals surface area (Å²) in [6.45, 7) is 0.818. The smallest absolute Gasteiger partial charge is 0.344 e. The third kappa shape index (κ3) is 5.17. The molecule has 1 N–H and O–H groups in total. The van der Waals surface area contributed by atoms with E-state index >= 15 is 0 Å². The van der Waals surface area contributed by atoms with E-state index in [2.05, 4.69) is 5.32 Å². The summed E-state index contributed by atoms with van der Waals surface area (Å²) in [5.41, 5.74) is 3.67. The van der Waals surface area contributed by atoms with Crippen molar-refractivity contribution >= 4 is 23.3 Å². The molecule has 0 fully saturated rings. The molecule has 0 spiro atoms. The summed E-state index contributed by atoms with van der Waals surface area (Å²) in [4.78, 5) is 34.8. The highest BCUT2D eigenvalue weighted by Crippen LogP contribution is 2.25. The number of anilines is 1. The number of fused-ring (bicyclic) bond motifs is 1. The van der Waals surface area contributed by atoms with Crippen LogP contribution in [0.2, 0.25) is 0 Å². The van der Waals surface area contributed by atoms with Gasteiger partial charge in [-0.2, -0.15) is 0 Å². The normalized spacial score (nSPS) is 12.2. The van der Waals surface area contributed by atoms with E-state index < -0.39 is 18.5 Å². The number of carbonyl (C=O) groups is 3. The van der Waals surface area contributed by atoms with Crippen molar-refractivity contribution in [1.29, 1.82) is 0 Å². The van der Waals surface area contributed by atoms with E-state index in [-0.39, 0.29) is 12.4 Å². The van der Waals surface area contributed by atoms with Gasteiger partial charge in [-0.15, -0.1) is 0 Å². The summed E-state index contributed by atoms with van der Waals surface area (Å²) in [6, 6.07) is 12.3. The van der Waals surface area contributed by atoms with Crippen LogP contribution in [-0.4, -0.2) is 30.9 Å². The van der Waals surface area contributed by atoms with Crippen LogP contribution in [0.3, 0.4) is 0 Å². The van der Waals surface area contributed by atoms with Gasteiger partial charge in [0, 0.05) is 11.3 Å². The number of hydrogen-bond acceptors (Lipinski definition) is 5. The first-order valence-corrected chi connectivity index (χ1v) is 8.82. The molecule has 6 heteroatoms. The maximum Gasteiger partial charge on any atom is 0.344 e. The van der Waals surface area contributed by atoms with E-state index in [1.165, 1.54) is 18.1 Å². The molecular formula is C21H21NO5. The highest BCUT2D eigenvalue weighted by molar-refractivity contribution is 5.96. The maximum atomic E-state index is 11.8. The molecule has 3 rings (SSSR count). The summed E-state index contributed by atoms with van der Waals surface area (Å²) in [6.07, 6.45) is 3.27. The van der Waals surface area contributed by atoms with Gasteiger partial charge in [0.05, 0.1) is 0 Å². The molecule has 0 atom stereocenters. The number of Topliss-reactive ketones (excluding diaryl/α,β-unsaturated/α-hetero) is 1. The summed E-state index contributed by atoms with van der Waals surface area (Å²) in [5, 5.41) is 2.60. The Labute approximate surface area is 157 Å². The summed E-state index contributed by atoms with van der Waals surface area (Å²) in [5.74, 6) is -0.498. The molecule has 27 heavy (non-hydrogen) atoms. The van der Waals surface area contributed by atoms with Crippen molar-refractivity contribution < 1.29 is 23.9 Å². The number of esters is 1. The van der Waals surface area contributed by atoms with Crippen LogP contribution >= 0.6 is 0 Å². The van der Waals surface area contributed by atoms with Crippen LogP contribution in [0.25, 0.3) is 0 Å². The number of ketones is 1. The fourth-order valence-electron chi connectivity index (χ4n) is 2.95. The molecule has 1 amide bonds. The van der Waals surface area contributed by atoms with Crippen LogP contribution in [0.15, 0.2) is 42.5 Å². The molecule has 0 heterocycles. The van der Waals surface area contributed by atoms with Crippen molar-refractivity contribution in [2.24, 2.45) is 0 Å². The van der Waals surface area contributed by atoms with Gasteiger partial charge in [0.1, 0.15) is 5.75 Å². The molecule has 2 aromatic carbocycles. The van der Waals surface area contributed by atoms with Crippen molar-refractivity contribution in [3.8, 4) is 5.75 Å². The van der Waals surface area contributed by atoms with Crippen molar-refractivity contribution in [1.82, 2.24) is 0 Å². The molecule has 0 aromatic heterocycles. The number of aryl methyl sites for hydroxylation is 2. The maximum absolute atomic E-state index is 11.8. The molecular weight excluding hydrogens is 346 g/mol. The molecule has 0 radical (unpaired) electrons. The van der Waals surface area contributed by atoms with E-state index in [4.69, 9.17) is 9.47 Å². The van der Waals surface area contributed by atoms with E-state index in [1.807, 2.05) is 18.2 Å². The molecule has 0 aliphatic heterocycles. The summed E-state index contributed by atoms with van der Waals surface area (Å²) < 4.78 is 10.4. The van der Waals surface area contributed by atoms with Crippen molar-refractivity contribution in [2.75, 3.05) is 18.5 Å². The van der Waals surface area contributed by atoms with Crippen LogP contribution in [-0.2, 0) is 27.2 Å². The topological polar surface area (TPSA) is 81.7 Å². The van der Waals surface area contributed by atoms with Crippen LogP contribution in [0, 0.1) is 0 Å². The highest BCUT2D eigenvalue weighted by atomic mass is 16.6. The van der Waals surface area contributed by atoms with Crippen LogP contribution in [0.1, 0.15) is 34.8 Å². The summed E-state index contributed by atoms with van der Waals surface area (Å²) in [7, 11) is 0. The van der Waals surface area contributed by atoms with Gasteiger partial charge in [0.15, 0.2) is 19.0 Å². The van der Waals surface area contributed by atoms with E-state index in [0.717, 1.165) is 19.3 Å². The second-order valence-electron chi connectivity index (χ2n) is 6.42. The number of rotatable bonds is 7. The first-order chi connectivity index (χ1) is 13.0. The zero-order valence-corrected chi connectivity index (χ0v) is 15.1. The van der Waals surface area contributed by atoms with Crippen molar-refractivity contribution in [3.05, 3.63) is 59.2 Å². The third-order valence-corrected chi connectivity index (χ3v) is 4.37. The van der Waals surface area contributed by atoms with E-state index in [9.17, 15) is 14.4 Å². The van der Waals surface area contributed by atoms with Gasteiger partial charge >= 0.3 is 5.97 Å². The Morgan fingerprint density at radius 3 is 2.44 bits per heavy atom. The average Bonchev–Trinajstić information content (AvgIpc) is 3.13. The van der Waals surface area contributed by atoms with Crippen molar-refractivity contribution in [3.63, 3.8) is 0 Å². The van der Waals surface area contributed by atoms with Crippen LogP contribution in [0.5, 0.6) is 5.75 Å². The number of nitrogens with one attached hydrogen (secondary N) is 1. The zero-order valence-electron chi connectivity index (χ0n) is 15.1. The number of amides is 1. The SMILES string of the molecule is CC(=O)c1ccc(NC(=O)COC(=O)COc2ccc3c(c2)CCC3)cc1. The Hall–Kier alpha value is -3.15. The van der Waals surface area contributed by atoms with Gasteiger partial charge in [-0.1, -0.05) is 6.07 Å². The monoisotopic (exact) mass is 367 g/mol. The molecule has 1 aliphatic rings. The molecule has 140 valence electrons. The van der Waals surface area contributed by atoms with Crippen LogP contribution in [0.4, 0.5) is 5.69 Å². The first kappa shape index (κ1) is 18.6. The minimum atomic E-state index is -0.613. The fraction of sp³-hybridized carbons (Fsp3) is 0.286. The average molecular weight is 367 g/mol. The number of ether oxygens (including phenoxy) is 2. The van der Waals surface area contributed by atoms with Gasteiger partial charge in [0.2, 0.25) is 0 Å². The number of carbonyl (C=O) groups excluding carboxylic acids is 3. The minimum Gasteiger partial charge on any atom is -0.482 e. The Balaban J connectivity index is 1.40. The minimum absolute atomic E-state index is 0.0508. The fourth-order valence-corrected chi connectivity index (χ4v) is 2.95. The molecule has 1 aliphatic carbocycles. The lowest BCUT2D eigenvalue weighted by atomic mass is 10.1. The molecule has 0 bridgehead atoms. The molecule has 0 saturated heterocycles. The standard InChI is InChI=1S/C21H21NO5/c1-14(23)15-5-8-18(9-6-15)22-20(24)12-27-21(25)13-26-19-10-7-16-3-2-4-17(16)11-19/h5-11H,2-4,12-13H2,1H3,(H,22,24). The highest BCUT2D eigenvalue weighted by Gasteiger charge is 2.13. The lowest BCUT2D eigenvalue weighted by Crippen LogP contribution is -2.23. The second kappa shape index (κ2) is 8.49. The first-order valence-electron chi connectivity index (χ1n) is 8.82. The molecule has 2 aromatic rings. The lowest BCUT2D eigenvalue weighted by molar-refractivity contribution is -0.149. The lowest BCUT2D eigenvalue weighted by Gasteiger charge is -2.09. The molecule has 0 unspecified atom stereocenters. The molecule has 6 nitrogen and oxygen atoms in total. The Bertz CT molecular complexity index is 857. The quantitative estimate of drug-likeness (QED) is 0.601. The zero-order chi connectivity index (χ0) is 19.2. The predicted octanol–water partition coefficient (Wildman–Crippen LogP) is 2.94. The Morgan fingerprint density at radius 2 is 1.70 bits per heavy atom.